The summed E-state index contributed by atoms with van der Waals surface area (Å²) in [5.41, 5.74) is 3.16. The summed E-state index contributed by atoms with van der Waals surface area (Å²) in [6.07, 6.45) is 2.24. The van der Waals surface area contributed by atoms with Gasteiger partial charge in [-0.2, -0.15) is 0 Å². The molecule has 0 saturated heterocycles. The molecule has 6 nitrogen and oxygen atoms in total. The Kier molecular flexibility index (Phi) is 3.90. The van der Waals surface area contributed by atoms with E-state index in [1.54, 1.807) is 17.6 Å². The fraction of sp³-hybridized carbons (Fsp3) is 0.348. The molecule has 29 heavy (non-hydrogen) atoms. The molecule has 1 N–H and O–H groups in total. The Balaban J connectivity index is 1.72. The third kappa shape index (κ3) is 2.48. The minimum Gasteiger partial charge on any atom is -0.458 e. The molecule has 0 radical (unpaired) electrons. The number of benzene rings is 1. The summed E-state index contributed by atoms with van der Waals surface area (Å²) in [4.78, 5) is 30.2. The van der Waals surface area contributed by atoms with Gasteiger partial charge in [0.1, 0.15) is 6.61 Å². The summed E-state index contributed by atoms with van der Waals surface area (Å²) in [6, 6.07) is 10.1. The highest BCUT2D eigenvalue weighted by molar-refractivity contribution is 5.86. The number of carbonyl (C=O) groups is 1. The molecule has 3 aromatic rings. The highest BCUT2D eigenvalue weighted by atomic mass is 16.6. The molecular formula is C23H22N2O4. The number of hydrogen-bond acceptors (Lipinski definition) is 5. The van der Waals surface area contributed by atoms with Crippen molar-refractivity contribution in [3.8, 4) is 11.4 Å². The molecule has 0 spiro atoms. The van der Waals surface area contributed by atoms with Crippen LogP contribution in [0.1, 0.15) is 48.9 Å². The fourth-order valence-electron chi connectivity index (χ4n) is 4.48. The van der Waals surface area contributed by atoms with Crippen LogP contribution >= 0.6 is 0 Å². The van der Waals surface area contributed by atoms with Crippen molar-refractivity contribution in [1.29, 1.82) is 0 Å². The van der Waals surface area contributed by atoms with E-state index in [2.05, 4.69) is 25.1 Å². The molecule has 0 unspecified atom stereocenters. The Labute approximate surface area is 167 Å². The minimum atomic E-state index is -1.79. The van der Waals surface area contributed by atoms with Gasteiger partial charge in [0.05, 0.1) is 29.0 Å². The molecular weight excluding hydrogens is 368 g/mol. The van der Waals surface area contributed by atoms with Crippen LogP contribution in [0.2, 0.25) is 0 Å². The topological polar surface area (TPSA) is 81.4 Å². The lowest BCUT2D eigenvalue weighted by atomic mass is 9.86. The van der Waals surface area contributed by atoms with Gasteiger partial charge >= 0.3 is 5.97 Å². The van der Waals surface area contributed by atoms with Crippen LogP contribution < -0.4 is 5.56 Å². The normalized spacial score (nSPS) is 19.6. The molecule has 6 heteroatoms. The van der Waals surface area contributed by atoms with Gasteiger partial charge in [-0.3, -0.25) is 4.79 Å². The van der Waals surface area contributed by atoms with E-state index in [0.717, 1.165) is 35.0 Å². The van der Waals surface area contributed by atoms with Crippen LogP contribution in [-0.4, -0.2) is 20.6 Å². The Morgan fingerprint density at radius 2 is 2.03 bits per heavy atom. The van der Waals surface area contributed by atoms with Crippen LogP contribution in [0, 0.1) is 0 Å². The fourth-order valence-corrected chi connectivity index (χ4v) is 4.48. The summed E-state index contributed by atoms with van der Waals surface area (Å²) in [6.45, 7) is 4.18. The number of aromatic nitrogens is 2. The third-order valence-electron chi connectivity index (χ3n) is 6.11. The lowest BCUT2D eigenvalue weighted by Crippen LogP contribution is -2.44. The minimum absolute atomic E-state index is 0.109. The zero-order valence-electron chi connectivity index (χ0n) is 16.5. The molecule has 1 atom stereocenters. The number of pyridine rings is 2. The molecule has 148 valence electrons. The van der Waals surface area contributed by atoms with E-state index in [1.807, 2.05) is 6.07 Å². The van der Waals surface area contributed by atoms with Gasteiger partial charge in [0.25, 0.3) is 5.56 Å². The summed E-state index contributed by atoms with van der Waals surface area (Å²) >= 11 is 0. The molecule has 2 aromatic heterocycles. The van der Waals surface area contributed by atoms with Gasteiger partial charge in [-0.25, -0.2) is 9.78 Å². The number of ether oxygens (including phenoxy) is 1. The number of aliphatic hydroxyl groups is 1. The van der Waals surface area contributed by atoms with Crippen LogP contribution in [0.3, 0.4) is 0 Å². The quantitative estimate of drug-likeness (QED) is 0.544. The summed E-state index contributed by atoms with van der Waals surface area (Å²) < 4.78 is 6.77. The summed E-state index contributed by atoms with van der Waals surface area (Å²) in [7, 11) is 0. The van der Waals surface area contributed by atoms with Crippen molar-refractivity contribution in [1.82, 2.24) is 9.55 Å². The lowest BCUT2D eigenvalue weighted by molar-refractivity contribution is -0.172. The van der Waals surface area contributed by atoms with E-state index in [9.17, 15) is 14.7 Å². The Bertz CT molecular complexity index is 1240. The average molecular weight is 390 g/mol. The van der Waals surface area contributed by atoms with Crippen LogP contribution in [0.15, 0.2) is 35.1 Å². The number of esters is 1. The van der Waals surface area contributed by atoms with Crippen LogP contribution in [0.5, 0.6) is 0 Å². The summed E-state index contributed by atoms with van der Waals surface area (Å²) in [5, 5.41) is 12.0. The predicted octanol–water partition coefficient (Wildman–Crippen LogP) is 3.03. The second-order valence-electron chi connectivity index (χ2n) is 7.88. The van der Waals surface area contributed by atoms with Gasteiger partial charge in [0.15, 0.2) is 5.60 Å². The number of rotatable bonds is 3. The first-order chi connectivity index (χ1) is 14.0. The maximum atomic E-state index is 13.1. The highest BCUT2D eigenvalue weighted by Crippen LogP contribution is 2.38. The number of fused-ring (bicyclic) bond motifs is 5. The van der Waals surface area contributed by atoms with E-state index in [1.165, 1.54) is 5.56 Å². The Morgan fingerprint density at radius 3 is 2.79 bits per heavy atom. The van der Waals surface area contributed by atoms with Gasteiger partial charge in [0, 0.05) is 16.5 Å². The second-order valence-corrected chi connectivity index (χ2v) is 7.88. The van der Waals surface area contributed by atoms with E-state index in [-0.39, 0.29) is 18.6 Å². The van der Waals surface area contributed by atoms with Gasteiger partial charge in [-0.1, -0.05) is 26.3 Å². The molecule has 0 bridgehead atoms. The van der Waals surface area contributed by atoms with Crippen LogP contribution in [0.4, 0.5) is 0 Å². The number of aryl methyl sites for hydroxylation is 1. The van der Waals surface area contributed by atoms with Crippen molar-refractivity contribution in [2.75, 3.05) is 0 Å². The zero-order chi connectivity index (χ0) is 20.3. The van der Waals surface area contributed by atoms with E-state index in [0.29, 0.717) is 23.4 Å². The van der Waals surface area contributed by atoms with Gasteiger partial charge in [-0.05, 0) is 42.7 Å². The van der Waals surface area contributed by atoms with Crippen molar-refractivity contribution < 1.29 is 14.6 Å². The standard InChI is InChI=1S/C23H22N2O4/c1-3-5-13-6-7-18-14(8-13)9-15-11-25-19(20(15)24-18)10-17-16(21(25)26)12-29-22(27)23(17,28)4-2/h6-10,28H,3-5,11-12H2,1-2H3/t23-/m0/s1. The van der Waals surface area contributed by atoms with Gasteiger partial charge in [0.2, 0.25) is 0 Å². The molecule has 5 rings (SSSR count). The first-order valence-corrected chi connectivity index (χ1v) is 10.1. The maximum absolute atomic E-state index is 13.1. The maximum Gasteiger partial charge on any atom is 0.343 e. The van der Waals surface area contributed by atoms with Crippen molar-refractivity contribution >= 4 is 16.9 Å². The molecule has 0 fully saturated rings. The Morgan fingerprint density at radius 1 is 1.21 bits per heavy atom. The SMILES string of the molecule is CCCc1ccc2nc3c(cc2c1)Cn1c-3cc2c(c1=O)COC(=O)[C@]2(O)CC. The van der Waals surface area contributed by atoms with Crippen molar-refractivity contribution in [3.63, 3.8) is 0 Å². The first-order valence-electron chi connectivity index (χ1n) is 10.1. The molecule has 1 aromatic carbocycles. The molecule has 0 aliphatic carbocycles. The average Bonchev–Trinajstić information content (AvgIpc) is 3.07. The van der Waals surface area contributed by atoms with E-state index < -0.39 is 11.6 Å². The lowest BCUT2D eigenvalue weighted by Gasteiger charge is -2.31. The van der Waals surface area contributed by atoms with Gasteiger partial charge < -0.3 is 14.4 Å². The smallest absolute Gasteiger partial charge is 0.343 e. The predicted molar refractivity (Wildman–Crippen MR) is 109 cm³/mol. The number of nitrogens with zero attached hydrogens (tertiary/aromatic N) is 2. The molecule has 0 amide bonds. The molecule has 2 aliphatic rings. The number of carbonyl (C=O) groups excluding carboxylic acids is 1. The zero-order valence-corrected chi connectivity index (χ0v) is 16.5. The Hall–Kier alpha value is -2.99. The molecule has 2 aliphatic heterocycles. The molecule has 0 saturated carbocycles. The van der Waals surface area contributed by atoms with Crippen molar-refractivity contribution in [3.05, 3.63) is 62.9 Å². The van der Waals surface area contributed by atoms with Crippen LogP contribution in [0.25, 0.3) is 22.3 Å². The third-order valence-corrected chi connectivity index (χ3v) is 6.11. The van der Waals surface area contributed by atoms with Crippen LogP contribution in [-0.2, 0) is 34.7 Å². The van der Waals surface area contributed by atoms with Gasteiger partial charge in [-0.15, -0.1) is 0 Å². The number of cyclic esters (lactones) is 1. The highest BCUT2D eigenvalue weighted by Gasteiger charge is 2.45. The summed E-state index contributed by atoms with van der Waals surface area (Å²) in [5.74, 6) is -0.704. The molecule has 4 heterocycles. The van der Waals surface area contributed by atoms with Crippen molar-refractivity contribution in [2.24, 2.45) is 0 Å². The monoisotopic (exact) mass is 390 g/mol. The van der Waals surface area contributed by atoms with E-state index >= 15 is 0 Å². The first kappa shape index (κ1) is 18.1. The van der Waals surface area contributed by atoms with E-state index in [4.69, 9.17) is 9.72 Å². The number of hydrogen-bond donors (Lipinski definition) is 1. The largest absolute Gasteiger partial charge is 0.458 e. The second kappa shape index (κ2) is 6.26. The van der Waals surface area contributed by atoms with Crippen molar-refractivity contribution in [2.45, 2.75) is 51.9 Å².